The summed E-state index contributed by atoms with van der Waals surface area (Å²) >= 11 is 0. The molecule has 0 spiro atoms. The summed E-state index contributed by atoms with van der Waals surface area (Å²) in [7, 11) is 1.69. The molecular weight excluding hydrogens is 208 g/mol. The van der Waals surface area contributed by atoms with Crippen LogP contribution in [0.2, 0.25) is 0 Å². The van der Waals surface area contributed by atoms with Crippen molar-refractivity contribution in [2.24, 2.45) is 5.73 Å². The molecule has 1 atom stereocenters. The van der Waals surface area contributed by atoms with Crippen LogP contribution in [0.1, 0.15) is 31.7 Å². The van der Waals surface area contributed by atoms with Crippen molar-refractivity contribution in [2.75, 3.05) is 25.2 Å². The molecule has 1 heterocycles. The van der Waals surface area contributed by atoms with Crippen LogP contribution in [0.3, 0.4) is 0 Å². The van der Waals surface area contributed by atoms with E-state index >= 15 is 0 Å². The largest absolute Gasteiger partial charge is 0.406 e. The van der Waals surface area contributed by atoms with Gasteiger partial charge in [-0.15, -0.1) is 5.10 Å². The second-order valence-corrected chi connectivity index (χ2v) is 4.13. The minimum Gasteiger partial charge on any atom is -0.406 e. The molecule has 1 saturated carbocycles. The van der Waals surface area contributed by atoms with Crippen molar-refractivity contribution < 1.29 is 9.15 Å². The molecule has 0 aliphatic heterocycles. The number of hydrogen-bond acceptors (Lipinski definition) is 6. The van der Waals surface area contributed by atoms with Crippen molar-refractivity contribution in [3.05, 3.63) is 5.89 Å². The smallest absolute Gasteiger partial charge is 0.318 e. The van der Waals surface area contributed by atoms with Gasteiger partial charge >= 0.3 is 6.01 Å². The minimum atomic E-state index is -0.218. The maximum Gasteiger partial charge on any atom is 0.318 e. The maximum absolute atomic E-state index is 5.68. The van der Waals surface area contributed by atoms with E-state index in [9.17, 15) is 0 Å². The van der Waals surface area contributed by atoms with Gasteiger partial charge in [0.2, 0.25) is 5.89 Å². The van der Waals surface area contributed by atoms with Crippen molar-refractivity contribution in [1.29, 1.82) is 0 Å². The first-order valence-corrected chi connectivity index (χ1v) is 5.57. The van der Waals surface area contributed by atoms with Gasteiger partial charge in [-0.25, -0.2) is 0 Å². The molecule has 16 heavy (non-hydrogen) atoms. The molecule has 0 amide bonds. The van der Waals surface area contributed by atoms with Gasteiger partial charge < -0.3 is 19.8 Å². The molecule has 1 aromatic heterocycles. The van der Waals surface area contributed by atoms with Gasteiger partial charge in [-0.2, -0.15) is 0 Å². The number of ether oxygens (including phenoxy) is 1. The van der Waals surface area contributed by atoms with E-state index in [0.29, 0.717) is 24.6 Å². The predicted molar refractivity (Wildman–Crippen MR) is 59.1 cm³/mol. The molecule has 1 unspecified atom stereocenters. The first-order valence-electron chi connectivity index (χ1n) is 5.57. The van der Waals surface area contributed by atoms with Gasteiger partial charge in [-0.05, 0) is 19.8 Å². The number of nitrogens with two attached hydrogens (primary N) is 1. The van der Waals surface area contributed by atoms with Gasteiger partial charge in [-0.1, -0.05) is 5.10 Å². The lowest BCUT2D eigenvalue weighted by atomic mass is 10.4. The third-order valence-electron chi connectivity index (χ3n) is 2.59. The van der Waals surface area contributed by atoms with Crippen LogP contribution in [0.5, 0.6) is 0 Å². The third kappa shape index (κ3) is 2.51. The van der Waals surface area contributed by atoms with Gasteiger partial charge in [0.25, 0.3) is 0 Å². The first-order chi connectivity index (χ1) is 7.72. The SMILES string of the molecule is COCCN(c1nnc(C(C)N)o1)C1CC1. The van der Waals surface area contributed by atoms with Crippen LogP contribution in [0, 0.1) is 0 Å². The number of nitrogens with zero attached hydrogens (tertiary/aromatic N) is 3. The van der Waals surface area contributed by atoms with E-state index in [1.165, 1.54) is 12.8 Å². The Morgan fingerprint density at radius 3 is 2.81 bits per heavy atom. The van der Waals surface area contributed by atoms with E-state index in [4.69, 9.17) is 14.9 Å². The zero-order valence-electron chi connectivity index (χ0n) is 9.72. The van der Waals surface area contributed by atoms with Gasteiger partial charge in [0.15, 0.2) is 0 Å². The Kier molecular flexibility index (Phi) is 3.40. The Hall–Kier alpha value is -1.14. The van der Waals surface area contributed by atoms with Crippen molar-refractivity contribution in [1.82, 2.24) is 10.2 Å². The second kappa shape index (κ2) is 4.80. The lowest BCUT2D eigenvalue weighted by Crippen LogP contribution is -2.29. The van der Waals surface area contributed by atoms with Gasteiger partial charge in [0.1, 0.15) is 0 Å². The fourth-order valence-corrected chi connectivity index (χ4v) is 1.54. The highest BCUT2D eigenvalue weighted by molar-refractivity contribution is 5.29. The lowest BCUT2D eigenvalue weighted by molar-refractivity contribution is 0.203. The summed E-state index contributed by atoms with van der Waals surface area (Å²) in [6.45, 7) is 3.27. The highest BCUT2D eigenvalue weighted by Crippen LogP contribution is 2.30. The molecular formula is C10H18N4O2. The summed E-state index contributed by atoms with van der Waals surface area (Å²) in [6, 6.07) is 0.869. The van der Waals surface area contributed by atoms with E-state index in [1.54, 1.807) is 7.11 Å². The normalized spacial score (nSPS) is 17.4. The van der Waals surface area contributed by atoms with Crippen LogP contribution in [0.25, 0.3) is 0 Å². The fraction of sp³-hybridized carbons (Fsp3) is 0.800. The van der Waals surface area contributed by atoms with E-state index in [2.05, 4.69) is 15.1 Å². The maximum atomic E-state index is 5.68. The molecule has 6 nitrogen and oxygen atoms in total. The van der Waals surface area contributed by atoms with Gasteiger partial charge in [0.05, 0.1) is 12.6 Å². The number of aromatic nitrogens is 2. The first kappa shape index (κ1) is 11.3. The summed E-state index contributed by atoms with van der Waals surface area (Å²) in [5.41, 5.74) is 5.68. The summed E-state index contributed by atoms with van der Waals surface area (Å²) in [5.74, 6) is 0.484. The Labute approximate surface area is 94.8 Å². The van der Waals surface area contributed by atoms with E-state index in [-0.39, 0.29) is 6.04 Å². The summed E-state index contributed by atoms with van der Waals surface area (Å²) < 4.78 is 10.6. The summed E-state index contributed by atoms with van der Waals surface area (Å²) in [5, 5.41) is 7.96. The molecule has 0 aromatic carbocycles. The average Bonchev–Trinajstić information content (AvgIpc) is 2.96. The molecule has 0 radical (unpaired) electrons. The lowest BCUT2D eigenvalue weighted by Gasteiger charge is -2.18. The Morgan fingerprint density at radius 1 is 1.56 bits per heavy atom. The summed E-state index contributed by atoms with van der Waals surface area (Å²) in [4.78, 5) is 2.10. The average molecular weight is 226 g/mol. The molecule has 1 aliphatic rings. The van der Waals surface area contributed by atoms with Crippen molar-refractivity contribution in [3.63, 3.8) is 0 Å². The van der Waals surface area contributed by atoms with Crippen LogP contribution in [-0.2, 0) is 4.74 Å². The third-order valence-corrected chi connectivity index (χ3v) is 2.59. The zero-order valence-corrected chi connectivity index (χ0v) is 9.72. The molecule has 1 fully saturated rings. The monoisotopic (exact) mass is 226 g/mol. The Balaban J connectivity index is 2.05. The number of anilines is 1. The summed E-state index contributed by atoms with van der Waals surface area (Å²) in [6.07, 6.45) is 2.36. The molecule has 6 heteroatoms. The van der Waals surface area contributed by atoms with Crippen LogP contribution in [0.15, 0.2) is 4.42 Å². The highest BCUT2D eigenvalue weighted by Gasteiger charge is 2.32. The van der Waals surface area contributed by atoms with E-state index < -0.39 is 0 Å². The fourth-order valence-electron chi connectivity index (χ4n) is 1.54. The van der Waals surface area contributed by atoms with Crippen molar-refractivity contribution in [3.8, 4) is 0 Å². The molecule has 0 bridgehead atoms. The van der Waals surface area contributed by atoms with Crippen LogP contribution >= 0.6 is 0 Å². The van der Waals surface area contributed by atoms with Crippen LogP contribution < -0.4 is 10.6 Å². The number of methoxy groups -OCH3 is 1. The quantitative estimate of drug-likeness (QED) is 0.769. The molecule has 0 saturated heterocycles. The Bertz CT molecular complexity index is 335. The molecule has 1 aliphatic carbocycles. The van der Waals surface area contributed by atoms with Gasteiger partial charge in [-0.3, -0.25) is 0 Å². The van der Waals surface area contributed by atoms with Crippen LogP contribution in [0.4, 0.5) is 6.01 Å². The second-order valence-electron chi connectivity index (χ2n) is 4.13. The predicted octanol–water partition coefficient (Wildman–Crippen LogP) is 0.705. The molecule has 1 aromatic rings. The van der Waals surface area contributed by atoms with Crippen LogP contribution in [-0.4, -0.2) is 36.5 Å². The highest BCUT2D eigenvalue weighted by atomic mass is 16.5. The van der Waals surface area contributed by atoms with Crippen molar-refractivity contribution >= 4 is 6.01 Å². The standard InChI is InChI=1S/C10H18N4O2/c1-7(11)9-12-13-10(16-9)14(5-6-15-2)8-3-4-8/h7-8H,3-6,11H2,1-2H3. The molecule has 90 valence electrons. The van der Waals surface area contributed by atoms with Gasteiger partial charge in [0, 0.05) is 19.7 Å². The minimum absolute atomic E-state index is 0.218. The molecule has 2 N–H and O–H groups in total. The zero-order chi connectivity index (χ0) is 11.5. The van der Waals surface area contributed by atoms with E-state index in [1.807, 2.05) is 6.92 Å². The number of hydrogen-bond donors (Lipinski definition) is 1. The van der Waals surface area contributed by atoms with Crippen molar-refractivity contribution in [2.45, 2.75) is 31.8 Å². The molecule has 2 rings (SSSR count). The Morgan fingerprint density at radius 2 is 2.31 bits per heavy atom. The topological polar surface area (TPSA) is 77.4 Å². The van der Waals surface area contributed by atoms with E-state index in [0.717, 1.165) is 6.54 Å². The number of rotatable bonds is 6.